The van der Waals surface area contributed by atoms with E-state index < -0.39 is 5.97 Å². The van der Waals surface area contributed by atoms with Gasteiger partial charge in [0.2, 0.25) is 11.8 Å². The molecule has 0 radical (unpaired) electrons. The van der Waals surface area contributed by atoms with Gasteiger partial charge in [-0.1, -0.05) is 6.92 Å². The SMILES string of the molecule is CCCN1C(=O)CC(N2CCCN(CC(=O)O)CC2)C1=O. The summed E-state index contributed by atoms with van der Waals surface area (Å²) in [5.74, 6) is -1.00. The van der Waals surface area contributed by atoms with Gasteiger partial charge in [-0.05, 0) is 12.8 Å². The predicted octanol–water partition coefficient (Wildman–Crippen LogP) is -0.384. The van der Waals surface area contributed by atoms with E-state index in [4.69, 9.17) is 5.11 Å². The molecule has 7 heteroatoms. The molecule has 2 heterocycles. The topological polar surface area (TPSA) is 81.2 Å². The van der Waals surface area contributed by atoms with Crippen molar-refractivity contribution in [3.63, 3.8) is 0 Å². The lowest BCUT2D eigenvalue weighted by Crippen LogP contribution is -2.44. The van der Waals surface area contributed by atoms with Crippen LogP contribution in [-0.4, -0.2) is 82.9 Å². The fourth-order valence-electron chi connectivity index (χ4n) is 3.06. The number of carboxylic acid groups (broad SMARTS) is 1. The average Bonchev–Trinajstić information content (AvgIpc) is 2.62. The van der Waals surface area contributed by atoms with Crippen molar-refractivity contribution in [1.29, 1.82) is 0 Å². The summed E-state index contributed by atoms with van der Waals surface area (Å²) < 4.78 is 0. The van der Waals surface area contributed by atoms with Crippen molar-refractivity contribution >= 4 is 17.8 Å². The fourth-order valence-corrected chi connectivity index (χ4v) is 3.06. The number of carbonyl (C=O) groups excluding carboxylic acids is 2. The zero-order valence-electron chi connectivity index (χ0n) is 12.5. The third-order valence-electron chi connectivity index (χ3n) is 4.09. The Bertz CT molecular complexity index is 426. The molecule has 0 aromatic heterocycles. The van der Waals surface area contributed by atoms with Crippen molar-refractivity contribution in [2.75, 3.05) is 39.3 Å². The van der Waals surface area contributed by atoms with E-state index in [0.29, 0.717) is 19.6 Å². The first-order chi connectivity index (χ1) is 10.0. The molecule has 2 aliphatic rings. The van der Waals surface area contributed by atoms with Crippen LogP contribution in [-0.2, 0) is 14.4 Å². The van der Waals surface area contributed by atoms with Gasteiger partial charge in [-0.3, -0.25) is 29.1 Å². The number of amides is 2. The summed E-state index contributed by atoms with van der Waals surface area (Å²) in [4.78, 5) is 40.3. The van der Waals surface area contributed by atoms with Gasteiger partial charge in [0.25, 0.3) is 0 Å². The van der Waals surface area contributed by atoms with Crippen LogP contribution in [0.4, 0.5) is 0 Å². The second-order valence-corrected chi connectivity index (χ2v) is 5.66. The molecule has 2 fully saturated rings. The molecular formula is C14H23N3O4. The Hall–Kier alpha value is -1.47. The van der Waals surface area contributed by atoms with E-state index in [1.807, 2.05) is 16.7 Å². The molecule has 21 heavy (non-hydrogen) atoms. The molecular weight excluding hydrogens is 274 g/mol. The molecule has 2 rings (SSSR count). The van der Waals surface area contributed by atoms with Gasteiger partial charge in [-0.2, -0.15) is 0 Å². The number of likely N-dealkylation sites (tertiary alicyclic amines) is 1. The van der Waals surface area contributed by atoms with E-state index in [2.05, 4.69) is 0 Å². The van der Waals surface area contributed by atoms with Crippen LogP contribution in [0.1, 0.15) is 26.2 Å². The number of rotatable bonds is 5. The van der Waals surface area contributed by atoms with Crippen LogP contribution in [0.3, 0.4) is 0 Å². The smallest absolute Gasteiger partial charge is 0.317 e. The lowest BCUT2D eigenvalue weighted by atomic mass is 10.2. The van der Waals surface area contributed by atoms with E-state index in [1.165, 1.54) is 4.90 Å². The van der Waals surface area contributed by atoms with E-state index >= 15 is 0 Å². The second-order valence-electron chi connectivity index (χ2n) is 5.66. The van der Waals surface area contributed by atoms with Crippen molar-refractivity contribution < 1.29 is 19.5 Å². The molecule has 2 aliphatic heterocycles. The van der Waals surface area contributed by atoms with Gasteiger partial charge in [0.05, 0.1) is 19.0 Å². The van der Waals surface area contributed by atoms with Crippen molar-refractivity contribution in [2.24, 2.45) is 0 Å². The maximum absolute atomic E-state index is 12.3. The van der Waals surface area contributed by atoms with Crippen LogP contribution in [0.5, 0.6) is 0 Å². The highest BCUT2D eigenvalue weighted by molar-refractivity contribution is 6.05. The number of hydrogen-bond donors (Lipinski definition) is 1. The lowest BCUT2D eigenvalue weighted by molar-refractivity contribution is -0.140. The molecule has 1 atom stereocenters. The largest absolute Gasteiger partial charge is 0.480 e. The monoisotopic (exact) mass is 297 g/mol. The minimum absolute atomic E-state index is 0.0351. The maximum atomic E-state index is 12.3. The van der Waals surface area contributed by atoms with Crippen LogP contribution >= 0.6 is 0 Å². The second kappa shape index (κ2) is 7.00. The summed E-state index contributed by atoms with van der Waals surface area (Å²) in [7, 11) is 0. The Balaban J connectivity index is 1.95. The molecule has 0 saturated carbocycles. The molecule has 118 valence electrons. The van der Waals surface area contributed by atoms with E-state index in [0.717, 1.165) is 25.9 Å². The molecule has 0 bridgehead atoms. The third-order valence-corrected chi connectivity index (χ3v) is 4.09. The van der Waals surface area contributed by atoms with Gasteiger partial charge >= 0.3 is 5.97 Å². The van der Waals surface area contributed by atoms with Crippen molar-refractivity contribution in [3.8, 4) is 0 Å². The number of imide groups is 1. The normalized spacial score (nSPS) is 25.4. The first-order valence-corrected chi connectivity index (χ1v) is 7.55. The van der Waals surface area contributed by atoms with Crippen LogP contribution in [0.2, 0.25) is 0 Å². The Morgan fingerprint density at radius 2 is 2.00 bits per heavy atom. The Labute approximate surface area is 124 Å². The van der Waals surface area contributed by atoms with Crippen LogP contribution in [0.25, 0.3) is 0 Å². The van der Waals surface area contributed by atoms with Crippen LogP contribution < -0.4 is 0 Å². The van der Waals surface area contributed by atoms with Gasteiger partial charge in [-0.15, -0.1) is 0 Å². The molecule has 2 saturated heterocycles. The number of carboxylic acids is 1. The van der Waals surface area contributed by atoms with Gasteiger partial charge in [-0.25, -0.2) is 0 Å². The number of carbonyl (C=O) groups is 3. The Morgan fingerprint density at radius 3 is 2.67 bits per heavy atom. The highest BCUT2D eigenvalue weighted by atomic mass is 16.4. The van der Waals surface area contributed by atoms with Crippen molar-refractivity contribution in [1.82, 2.24) is 14.7 Å². The van der Waals surface area contributed by atoms with Gasteiger partial charge < -0.3 is 5.11 Å². The van der Waals surface area contributed by atoms with E-state index in [-0.39, 0.29) is 30.8 Å². The zero-order valence-corrected chi connectivity index (χ0v) is 12.5. The van der Waals surface area contributed by atoms with Gasteiger partial charge in [0.1, 0.15) is 0 Å². The van der Waals surface area contributed by atoms with Crippen LogP contribution in [0.15, 0.2) is 0 Å². The summed E-state index contributed by atoms with van der Waals surface area (Å²) in [5, 5.41) is 8.84. The molecule has 0 aromatic rings. The molecule has 7 nitrogen and oxygen atoms in total. The first-order valence-electron chi connectivity index (χ1n) is 7.55. The number of aliphatic carboxylic acids is 1. The van der Waals surface area contributed by atoms with Gasteiger partial charge in [0, 0.05) is 32.7 Å². The molecule has 0 aliphatic carbocycles. The summed E-state index contributed by atoms with van der Waals surface area (Å²) in [6.07, 6.45) is 1.85. The van der Waals surface area contributed by atoms with E-state index in [9.17, 15) is 14.4 Å². The average molecular weight is 297 g/mol. The van der Waals surface area contributed by atoms with Crippen molar-refractivity contribution in [2.45, 2.75) is 32.2 Å². The molecule has 1 N–H and O–H groups in total. The zero-order chi connectivity index (χ0) is 15.4. The number of hydrogen-bond acceptors (Lipinski definition) is 5. The van der Waals surface area contributed by atoms with E-state index in [1.54, 1.807) is 0 Å². The quantitative estimate of drug-likeness (QED) is 0.697. The van der Waals surface area contributed by atoms with Crippen LogP contribution in [0, 0.1) is 0 Å². The standard InChI is InChI=1S/C14H23N3O4/c1-2-4-17-12(18)9-11(14(17)21)16-6-3-5-15(7-8-16)10-13(19)20/h11H,2-10H2,1H3,(H,19,20). The highest BCUT2D eigenvalue weighted by Crippen LogP contribution is 2.20. The number of nitrogens with zero attached hydrogens (tertiary/aromatic N) is 3. The van der Waals surface area contributed by atoms with Crippen molar-refractivity contribution in [3.05, 3.63) is 0 Å². The lowest BCUT2D eigenvalue weighted by Gasteiger charge is -2.25. The fraction of sp³-hybridized carbons (Fsp3) is 0.786. The summed E-state index contributed by atoms with van der Waals surface area (Å²) in [6.45, 7) is 5.19. The third kappa shape index (κ3) is 3.79. The Morgan fingerprint density at radius 1 is 1.24 bits per heavy atom. The first kappa shape index (κ1) is 15.9. The molecule has 1 unspecified atom stereocenters. The minimum atomic E-state index is -0.829. The highest BCUT2D eigenvalue weighted by Gasteiger charge is 2.41. The molecule has 0 spiro atoms. The molecule has 2 amide bonds. The summed E-state index contributed by atoms with van der Waals surface area (Å²) in [5.41, 5.74) is 0. The predicted molar refractivity (Wildman–Crippen MR) is 75.7 cm³/mol. The maximum Gasteiger partial charge on any atom is 0.317 e. The molecule has 0 aromatic carbocycles. The summed E-state index contributed by atoms with van der Waals surface area (Å²) in [6, 6.07) is -0.353. The summed E-state index contributed by atoms with van der Waals surface area (Å²) >= 11 is 0. The minimum Gasteiger partial charge on any atom is -0.480 e. The Kier molecular flexibility index (Phi) is 5.30. The van der Waals surface area contributed by atoms with Gasteiger partial charge in [0.15, 0.2) is 0 Å².